The molecule has 0 atom stereocenters. The molecule has 104 valence electrons. The molecule has 0 unspecified atom stereocenters. The average Bonchev–Trinajstić information content (AvgIpc) is 2.35. The van der Waals surface area contributed by atoms with E-state index in [1.165, 1.54) is 0 Å². The molecule has 5 heteroatoms. The molecule has 0 saturated carbocycles. The number of carbonyl (C=O) groups excluding carboxylic acids is 1. The van der Waals surface area contributed by atoms with Crippen molar-refractivity contribution in [3.8, 4) is 0 Å². The number of nitrogens with one attached hydrogen (secondary N) is 2. The summed E-state index contributed by atoms with van der Waals surface area (Å²) in [5.74, 6) is 0.860. The molecule has 1 aromatic rings. The van der Waals surface area contributed by atoms with Crippen LogP contribution in [0.2, 0.25) is 0 Å². The van der Waals surface area contributed by atoms with Crippen molar-refractivity contribution in [1.82, 2.24) is 15.3 Å². The van der Waals surface area contributed by atoms with Gasteiger partial charge in [0.1, 0.15) is 5.69 Å². The van der Waals surface area contributed by atoms with Crippen molar-refractivity contribution in [2.24, 2.45) is 5.92 Å². The number of anilines is 1. The van der Waals surface area contributed by atoms with Crippen LogP contribution in [-0.2, 0) is 0 Å². The molecule has 1 heterocycles. The molecular weight excluding hydrogens is 240 g/mol. The lowest BCUT2D eigenvalue weighted by Gasteiger charge is -2.09. The van der Waals surface area contributed by atoms with Gasteiger partial charge in [-0.3, -0.25) is 4.79 Å². The van der Waals surface area contributed by atoms with Crippen LogP contribution in [0, 0.1) is 12.8 Å². The van der Waals surface area contributed by atoms with Gasteiger partial charge in [0.05, 0.1) is 0 Å². The van der Waals surface area contributed by atoms with E-state index in [1.54, 1.807) is 12.1 Å². The van der Waals surface area contributed by atoms with Gasteiger partial charge in [-0.2, -0.15) is 0 Å². The fourth-order valence-corrected chi connectivity index (χ4v) is 1.49. The van der Waals surface area contributed by atoms with Gasteiger partial charge in [-0.15, -0.1) is 6.58 Å². The third-order valence-electron chi connectivity index (χ3n) is 2.50. The third kappa shape index (κ3) is 5.50. The van der Waals surface area contributed by atoms with Crippen molar-refractivity contribution >= 4 is 11.9 Å². The number of aromatic nitrogens is 2. The molecule has 0 saturated heterocycles. The first-order valence-corrected chi connectivity index (χ1v) is 6.51. The Bertz CT molecular complexity index is 443. The van der Waals surface area contributed by atoms with E-state index in [-0.39, 0.29) is 5.91 Å². The highest BCUT2D eigenvalue weighted by Gasteiger charge is 2.10. The fourth-order valence-electron chi connectivity index (χ4n) is 1.49. The van der Waals surface area contributed by atoms with Gasteiger partial charge >= 0.3 is 0 Å². The number of amides is 1. The van der Waals surface area contributed by atoms with Crippen LogP contribution in [0.4, 0.5) is 5.95 Å². The van der Waals surface area contributed by atoms with Crippen LogP contribution in [0.25, 0.3) is 0 Å². The van der Waals surface area contributed by atoms with Crippen LogP contribution < -0.4 is 10.6 Å². The van der Waals surface area contributed by atoms with Gasteiger partial charge in [0.25, 0.3) is 5.91 Å². The number of hydrogen-bond donors (Lipinski definition) is 2. The number of carbonyl (C=O) groups is 1. The van der Waals surface area contributed by atoms with Crippen molar-refractivity contribution in [2.75, 3.05) is 18.4 Å². The maximum atomic E-state index is 12.0. The van der Waals surface area contributed by atoms with Gasteiger partial charge in [0.2, 0.25) is 5.95 Å². The summed E-state index contributed by atoms with van der Waals surface area (Å²) in [4.78, 5) is 20.4. The predicted molar refractivity (Wildman–Crippen MR) is 77.2 cm³/mol. The molecule has 5 nitrogen and oxygen atoms in total. The van der Waals surface area contributed by atoms with Crippen molar-refractivity contribution in [3.63, 3.8) is 0 Å². The summed E-state index contributed by atoms with van der Waals surface area (Å²) in [5.41, 5.74) is 1.15. The lowest BCUT2D eigenvalue weighted by Crippen LogP contribution is -2.26. The first-order valence-electron chi connectivity index (χ1n) is 6.51. The SMILES string of the molecule is C=CCNc1nc(C)cc(C(=O)NCCC(C)C)n1. The van der Waals surface area contributed by atoms with Crippen molar-refractivity contribution in [1.29, 1.82) is 0 Å². The van der Waals surface area contributed by atoms with E-state index >= 15 is 0 Å². The Balaban J connectivity index is 2.67. The molecule has 0 aromatic carbocycles. The second-order valence-corrected chi connectivity index (χ2v) is 4.83. The Morgan fingerprint density at radius 2 is 2.21 bits per heavy atom. The third-order valence-corrected chi connectivity index (χ3v) is 2.50. The van der Waals surface area contributed by atoms with Crippen LogP contribution in [0.15, 0.2) is 18.7 Å². The number of aryl methyl sites for hydroxylation is 1. The molecule has 0 radical (unpaired) electrons. The summed E-state index contributed by atoms with van der Waals surface area (Å²) in [7, 11) is 0. The first kappa shape index (κ1) is 15.1. The average molecular weight is 262 g/mol. The monoisotopic (exact) mass is 262 g/mol. The minimum atomic E-state index is -0.159. The van der Waals surface area contributed by atoms with E-state index in [0.717, 1.165) is 12.1 Å². The molecule has 0 aliphatic heterocycles. The molecule has 0 aliphatic rings. The quantitative estimate of drug-likeness (QED) is 0.739. The first-order chi connectivity index (χ1) is 9.02. The Morgan fingerprint density at radius 1 is 1.47 bits per heavy atom. The van der Waals surface area contributed by atoms with Gasteiger partial charge in [-0.1, -0.05) is 19.9 Å². The maximum absolute atomic E-state index is 12.0. The molecule has 0 spiro atoms. The molecule has 0 bridgehead atoms. The minimum absolute atomic E-state index is 0.159. The summed E-state index contributed by atoms with van der Waals surface area (Å²) >= 11 is 0. The van der Waals surface area contributed by atoms with Gasteiger partial charge in [-0.25, -0.2) is 9.97 Å². The molecule has 19 heavy (non-hydrogen) atoms. The topological polar surface area (TPSA) is 66.9 Å². The largest absolute Gasteiger partial charge is 0.351 e. The molecule has 2 N–H and O–H groups in total. The van der Waals surface area contributed by atoms with E-state index in [0.29, 0.717) is 30.6 Å². The molecule has 0 fully saturated rings. The van der Waals surface area contributed by atoms with Crippen LogP contribution >= 0.6 is 0 Å². The zero-order valence-corrected chi connectivity index (χ0v) is 11.9. The van der Waals surface area contributed by atoms with E-state index in [4.69, 9.17) is 0 Å². The van der Waals surface area contributed by atoms with E-state index in [2.05, 4.69) is 41.0 Å². The molecule has 1 rings (SSSR count). The Hall–Kier alpha value is -1.91. The fraction of sp³-hybridized carbons (Fsp3) is 0.500. The zero-order chi connectivity index (χ0) is 14.3. The van der Waals surface area contributed by atoms with Gasteiger partial charge in [0.15, 0.2) is 0 Å². The number of rotatable bonds is 7. The minimum Gasteiger partial charge on any atom is -0.351 e. The predicted octanol–water partition coefficient (Wildman–Crippen LogP) is 2.16. The lowest BCUT2D eigenvalue weighted by atomic mass is 10.1. The maximum Gasteiger partial charge on any atom is 0.270 e. The van der Waals surface area contributed by atoms with E-state index < -0.39 is 0 Å². The Kier molecular flexibility index (Phi) is 5.99. The summed E-state index contributed by atoms with van der Waals surface area (Å²) < 4.78 is 0. The van der Waals surface area contributed by atoms with Gasteiger partial charge in [0, 0.05) is 18.8 Å². The van der Waals surface area contributed by atoms with Crippen LogP contribution in [0.3, 0.4) is 0 Å². The Morgan fingerprint density at radius 3 is 2.84 bits per heavy atom. The van der Waals surface area contributed by atoms with Gasteiger partial charge in [-0.05, 0) is 25.3 Å². The molecule has 0 aliphatic carbocycles. The van der Waals surface area contributed by atoms with E-state index in [1.807, 2.05) is 6.92 Å². The highest BCUT2D eigenvalue weighted by molar-refractivity contribution is 5.92. The summed E-state index contributed by atoms with van der Waals surface area (Å²) in [6, 6.07) is 1.68. The standard InChI is InChI=1S/C14H22N4O/c1-5-7-16-14-17-11(4)9-12(18-14)13(19)15-8-6-10(2)3/h5,9-10H,1,6-8H2,2-4H3,(H,15,19)(H,16,17,18). The zero-order valence-electron chi connectivity index (χ0n) is 11.9. The second-order valence-electron chi connectivity index (χ2n) is 4.83. The van der Waals surface area contributed by atoms with Crippen LogP contribution in [-0.4, -0.2) is 29.0 Å². The van der Waals surface area contributed by atoms with Gasteiger partial charge < -0.3 is 10.6 Å². The molecule has 1 amide bonds. The summed E-state index contributed by atoms with van der Waals surface area (Å²) in [6.07, 6.45) is 2.67. The summed E-state index contributed by atoms with van der Waals surface area (Å²) in [6.45, 7) is 10.9. The van der Waals surface area contributed by atoms with Crippen molar-refractivity contribution in [3.05, 3.63) is 30.1 Å². The molecule has 1 aromatic heterocycles. The lowest BCUT2D eigenvalue weighted by molar-refractivity contribution is 0.0947. The van der Waals surface area contributed by atoms with Crippen LogP contribution in [0.1, 0.15) is 36.5 Å². The molecular formula is C14H22N4O. The smallest absolute Gasteiger partial charge is 0.270 e. The van der Waals surface area contributed by atoms with E-state index in [9.17, 15) is 4.79 Å². The second kappa shape index (κ2) is 7.51. The normalized spacial score (nSPS) is 10.3. The Labute approximate surface area is 114 Å². The summed E-state index contributed by atoms with van der Waals surface area (Å²) in [5, 5.41) is 5.85. The highest BCUT2D eigenvalue weighted by Crippen LogP contribution is 2.05. The highest BCUT2D eigenvalue weighted by atomic mass is 16.1. The van der Waals surface area contributed by atoms with Crippen molar-refractivity contribution in [2.45, 2.75) is 27.2 Å². The van der Waals surface area contributed by atoms with Crippen molar-refractivity contribution < 1.29 is 4.79 Å². The number of nitrogens with zero attached hydrogens (tertiary/aromatic N) is 2. The number of hydrogen-bond acceptors (Lipinski definition) is 4. The van der Waals surface area contributed by atoms with Crippen LogP contribution in [0.5, 0.6) is 0 Å².